The van der Waals surface area contributed by atoms with Crippen molar-refractivity contribution in [2.24, 2.45) is 0 Å². The summed E-state index contributed by atoms with van der Waals surface area (Å²) in [4.78, 5) is 0. The van der Waals surface area contributed by atoms with E-state index in [4.69, 9.17) is 5.73 Å². The molecule has 0 saturated carbocycles. The Morgan fingerprint density at radius 2 is 1.78 bits per heavy atom. The summed E-state index contributed by atoms with van der Waals surface area (Å²) in [5.41, 5.74) is 6.11. The zero-order valence-corrected chi connectivity index (χ0v) is 6.62. The standard InChI is InChI=1S/C6H6AsNO/c8-6-3-1-5(7-9)2-4-6/h1-4H,8H2. The first-order chi connectivity index (χ1) is 4.33. The van der Waals surface area contributed by atoms with Crippen LogP contribution in [0.15, 0.2) is 24.3 Å². The van der Waals surface area contributed by atoms with Crippen LogP contribution in [-0.4, -0.2) is 15.7 Å². The van der Waals surface area contributed by atoms with Gasteiger partial charge >= 0.3 is 59.5 Å². The van der Waals surface area contributed by atoms with Crippen LogP contribution in [0.3, 0.4) is 0 Å². The zero-order valence-electron chi connectivity index (χ0n) is 4.74. The number of hydrogen-bond donors (Lipinski definition) is 1. The van der Waals surface area contributed by atoms with Gasteiger partial charge in [0.15, 0.2) is 0 Å². The fourth-order valence-corrected chi connectivity index (χ4v) is 1.10. The SMILES string of the molecule is Nc1ccc([As]=O)cc1. The van der Waals surface area contributed by atoms with Crippen molar-refractivity contribution in [2.45, 2.75) is 0 Å². The molecule has 9 heavy (non-hydrogen) atoms. The van der Waals surface area contributed by atoms with E-state index in [0.29, 0.717) is 5.69 Å². The van der Waals surface area contributed by atoms with Gasteiger partial charge in [0.25, 0.3) is 0 Å². The van der Waals surface area contributed by atoms with E-state index >= 15 is 0 Å². The predicted octanol–water partition coefficient (Wildman–Crippen LogP) is -0.0562. The number of rotatable bonds is 1. The van der Waals surface area contributed by atoms with Crippen molar-refractivity contribution in [2.75, 3.05) is 5.73 Å². The maximum absolute atomic E-state index is 10.3. The molecule has 0 aromatic heterocycles. The van der Waals surface area contributed by atoms with E-state index in [0.717, 1.165) is 4.35 Å². The number of nitrogens with two attached hydrogens (primary N) is 1. The summed E-state index contributed by atoms with van der Waals surface area (Å²) in [6.45, 7) is 0. The summed E-state index contributed by atoms with van der Waals surface area (Å²) < 4.78 is 11.2. The van der Waals surface area contributed by atoms with Gasteiger partial charge in [0, 0.05) is 0 Å². The van der Waals surface area contributed by atoms with Crippen molar-refractivity contribution in [3.8, 4) is 0 Å². The minimum atomic E-state index is -0.885. The molecule has 0 aliphatic rings. The third-order valence-corrected chi connectivity index (χ3v) is 2.07. The summed E-state index contributed by atoms with van der Waals surface area (Å²) in [6, 6.07) is 7.07. The van der Waals surface area contributed by atoms with Gasteiger partial charge in [-0.25, -0.2) is 0 Å². The van der Waals surface area contributed by atoms with Crippen LogP contribution >= 0.6 is 0 Å². The second-order valence-electron chi connectivity index (χ2n) is 1.68. The Labute approximate surface area is 60.0 Å². The Morgan fingerprint density at radius 1 is 1.22 bits per heavy atom. The van der Waals surface area contributed by atoms with Crippen LogP contribution in [-0.2, 0) is 3.74 Å². The number of hydrogen-bond acceptors (Lipinski definition) is 2. The third kappa shape index (κ3) is 1.65. The van der Waals surface area contributed by atoms with Crippen molar-refractivity contribution in [1.29, 1.82) is 0 Å². The molecule has 0 amide bonds. The van der Waals surface area contributed by atoms with E-state index in [2.05, 4.69) is 0 Å². The summed E-state index contributed by atoms with van der Waals surface area (Å²) in [5.74, 6) is 0. The molecule has 1 aromatic carbocycles. The Balaban J connectivity index is 3.01. The topological polar surface area (TPSA) is 43.1 Å². The molecule has 0 heterocycles. The zero-order chi connectivity index (χ0) is 6.69. The van der Waals surface area contributed by atoms with Gasteiger partial charge in [-0.05, 0) is 0 Å². The number of nitrogen functional groups attached to an aromatic ring is 1. The molecule has 0 atom stereocenters. The van der Waals surface area contributed by atoms with Gasteiger partial charge in [0.2, 0.25) is 0 Å². The summed E-state index contributed by atoms with van der Waals surface area (Å²) in [7, 11) is 0. The van der Waals surface area contributed by atoms with Gasteiger partial charge in [-0.1, -0.05) is 0 Å². The molecule has 0 aliphatic carbocycles. The molecule has 46 valence electrons. The molecule has 3 heteroatoms. The van der Waals surface area contributed by atoms with Crippen LogP contribution in [0, 0.1) is 0 Å². The molecule has 0 bridgehead atoms. The van der Waals surface area contributed by atoms with Crippen LogP contribution in [0.5, 0.6) is 0 Å². The maximum atomic E-state index is 10.3. The first-order valence-electron chi connectivity index (χ1n) is 2.52. The average molecular weight is 183 g/mol. The molecular weight excluding hydrogens is 177 g/mol. The quantitative estimate of drug-likeness (QED) is 0.489. The summed E-state index contributed by atoms with van der Waals surface area (Å²) >= 11 is -0.885. The Kier molecular flexibility index (Phi) is 2.01. The van der Waals surface area contributed by atoms with Crippen LogP contribution in [0.2, 0.25) is 0 Å². The molecule has 1 rings (SSSR count). The van der Waals surface area contributed by atoms with Crippen molar-refractivity contribution in [1.82, 2.24) is 0 Å². The predicted molar refractivity (Wildman–Crippen MR) is 36.9 cm³/mol. The molecule has 2 N–H and O–H groups in total. The van der Waals surface area contributed by atoms with E-state index in [1.807, 2.05) is 0 Å². The third-order valence-electron chi connectivity index (χ3n) is 0.998. The molecular formula is C6H6AsNO. The Hall–Kier alpha value is -0.622. The van der Waals surface area contributed by atoms with Gasteiger partial charge in [-0.3, -0.25) is 0 Å². The van der Waals surface area contributed by atoms with Gasteiger partial charge < -0.3 is 0 Å². The van der Waals surface area contributed by atoms with E-state index in [-0.39, 0.29) is 0 Å². The van der Waals surface area contributed by atoms with Gasteiger partial charge in [-0.15, -0.1) is 0 Å². The van der Waals surface area contributed by atoms with E-state index in [1.165, 1.54) is 0 Å². The van der Waals surface area contributed by atoms with E-state index in [1.54, 1.807) is 24.3 Å². The van der Waals surface area contributed by atoms with Crippen molar-refractivity contribution < 1.29 is 3.74 Å². The van der Waals surface area contributed by atoms with Gasteiger partial charge in [-0.2, -0.15) is 0 Å². The van der Waals surface area contributed by atoms with Crippen molar-refractivity contribution in [3.05, 3.63) is 24.3 Å². The monoisotopic (exact) mass is 183 g/mol. The van der Waals surface area contributed by atoms with Gasteiger partial charge in [0.1, 0.15) is 0 Å². The van der Waals surface area contributed by atoms with Crippen molar-refractivity contribution >= 4 is 25.7 Å². The molecule has 0 unspecified atom stereocenters. The average Bonchev–Trinajstić information content (AvgIpc) is 1.90. The first-order valence-corrected chi connectivity index (χ1v) is 4.22. The molecule has 0 radical (unpaired) electrons. The normalized spacial score (nSPS) is 9.78. The van der Waals surface area contributed by atoms with E-state index < -0.39 is 15.7 Å². The fraction of sp³-hybridized carbons (Fsp3) is 0. The van der Waals surface area contributed by atoms with Crippen LogP contribution < -0.4 is 10.1 Å². The van der Waals surface area contributed by atoms with Crippen molar-refractivity contribution in [3.63, 3.8) is 0 Å². The summed E-state index contributed by atoms with van der Waals surface area (Å²) in [6.07, 6.45) is 0. The molecule has 2 nitrogen and oxygen atoms in total. The van der Waals surface area contributed by atoms with Crippen LogP contribution in [0.25, 0.3) is 0 Å². The fourth-order valence-electron chi connectivity index (χ4n) is 0.535. The van der Waals surface area contributed by atoms with Crippen LogP contribution in [0.4, 0.5) is 5.69 Å². The second-order valence-corrected chi connectivity index (χ2v) is 3.15. The second kappa shape index (κ2) is 2.79. The molecule has 0 saturated heterocycles. The Bertz CT molecular complexity index is 207. The van der Waals surface area contributed by atoms with E-state index in [9.17, 15) is 3.74 Å². The van der Waals surface area contributed by atoms with Crippen LogP contribution in [0.1, 0.15) is 0 Å². The van der Waals surface area contributed by atoms with Gasteiger partial charge in [0.05, 0.1) is 0 Å². The number of anilines is 1. The molecule has 0 spiro atoms. The minimum absolute atomic E-state index is 0.716. The Morgan fingerprint density at radius 3 is 2.22 bits per heavy atom. The molecule has 0 fully saturated rings. The first kappa shape index (κ1) is 6.50. The summed E-state index contributed by atoms with van der Waals surface area (Å²) in [5, 5.41) is 0. The number of benzene rings is 1. The molecule has 0 aliphatic heterocycles. The molecule has 1 aromatic rings.